The van der Waals surface area contributed by atoms with Crippen molar-refractivity contribution in [2.45, 2.75) is 6.42 Å². The number of hydrogen-bond donors (Lipinski definition) is 2. The van der Waals surface area contributed by atoms with Crippen LogP contribution in [-0.4, -0.2) is 33.0 Å². The lowest BCUT2D eigenvalue weighted by atomic mass is 10.3. The average molecular weight is 324 g/mol. The van der Waals surface area contributed by atoms with Crippen molar-refractivity contribution in [3.05, 3.63) is 22.7 Å². The molecule has 17 heavy (non-hydrogen) atoms. The molecule has 0 spiro atoms. The number of aliphatic hydroxyl groups is 1. The molecule has 0 saturated heterocycles. The summed E-state index contributed by atoms with van der Waals surface area (Å²) in [6.45, 7) is -0.150. The van der Waals surface area contributed by atoms with E-state index in [0.29, 0.717) is 11.4 Å². The first-order valence-electron chi connectivity index (χ1n) is 4.93. The van der Waals surface area contributed by atoms with Crippen LogP contribution in [0.25, 0.3) is 0 Å². The van der Waals surface area contributed by atoms with Gasteiger partial charge in [0, 0.05) is 17.1 Å². The van der Waals surface area contributed by atoms with Crippen LogP contribution in [0.15, 0.2) is 22.7 Å². The van der Waals surface area contributed by atoms with E-state index in [-0.39, 0.29) is 18.8 Å². The van der Waals surface area contributed by atoms with Crippen LogP contribution >= 0.6 is 15.9 Å². The highest BCUT2D eigenvalue weighted by atomic mass is 79.9. The number of methoxy groups -OCH3 is 1. The summed E-state index contributed by atoms with van der Waals surface area (Å²) in [6.07, 6.45) is 0.209. The molecule has 0 saturated carbocycles. The lowest BCUT2D eigenvalue weighted by Gasteiger charge is -2.09. The van der Waals surface area contributed by atoms with Crippen LogP contribution in [0.4, 0.5) is 5.69 Å². The molecule has 7 heteroatoms. The fraction of sp³-hybridized carbons (Fsp3) is 0.400. The van der Waals surface area contributed by atoms with Crippen LogP contribution in [0.1, 0.15) is 6.42 Å². The molecule has 0 atom stereocenters. The number of benzene rings is 1. The normalized spacial score (nSPS) is 11.2. The molecule has 0 unspecified atom stereocenters. The molecule has 1 rings (SSSR count). The SMILES string of the molecule is COc1cc(Br)cc(NS(=O)(=O)CCCO)c1. The van der Waals surface area contributed by atoms with E-state index in [1.54, 1.807) is 18.2 Å². The first-order chi connectivity index (χ1) is 7.96. The summed E-state index contributed by atoms with van der Waals surface area (Å²) in [4.78, 5) is 0. The van der Waals surface area contributed by atoms with Gasteiger partial charge in [0.2, 0.25) is 10.0 Å². The molecule has 0 aliphatic rings. The maximum atomic E-state index is 11.6. The van der Waals surface area contributed by atoms with Crippen molar-refractivity contribution in [2.24, 2.45) is 0 Å². The highest BCUT2D eigenvalue weighted by Crippen LogP contribution is 2.25. The largest absolute Gasteiger partial charge is 0.497 e. The number of rotatable bonds is 6. The van der Waals surface area contributed by atoms with Crippen molar-refractivity contribution in [1.82, 2.24) is 0 Å². The number of hydrogen-bond acceptors (Lipinski definition) is 4. The van der Waals surface area contributed by atoms with Gasteiger partial charge in [-0.25, -0.2) is 8.42 Å². The zero-order valence-corrected chi connectivity index (χ0v) is 11.7. The Morgan fingerprint density at radius 2 is 2.12 bits per heavy atom. The quantitative estimate of drug-likeness (QED) is 0.833. The van der Waals surface area contributed by atoms with Crippen LogP contribution in [0.3, 0.4) is 0 Å². The molecule has 0 bridgehead atoms. The van der Waals surface area contributed by atoms with Crippen LogP contribution in [0.5, 0.6) is 5.75 Å². The van der Waals surface area contributed by atoms with E-state index in [1.165, 1.54) is 7.11 Å². The standard InChI is InChI=1S/C10H14BrNO4S/c1-16-10-6-8(11)5-9(7-10)12-17(14,15)4-2-3-13/h5-7,12-13H,2-4H2,1H3. The molecule has 96 valence electrons. The Bertz CT molecular complexity index is 475. The average Bonchev–Trinajstić information content (AvgIpc) is 2.25. The molecule has 0 aliphatic heterocycles. The first-order valence-corrected chi connectivity index (χ1v) is 7.37. The monoisotopic (exact) mass is 323 g/mol. The summed E-state index contributed by atoms with van der Waals surface area (Å²) in [5.41, 5.74) is 0.425. The van der Waals surface area contributed by atoms with Crippen molar-refractivity contribution in [2.75, 3.05) is 24.2 Å². The molecule has 5 nitrogen and oxygen atoms in total. The van der Waals surface area contributed by atoms with Crippen molar-refractivity contribution in [3.63, 3.8) is 0 Å². The van der Waals surface area contributed by atoms with Gasteiger partial charge in [-0.2, -0.15) is 0 Å². The molecule has 1 aromatic rings. The number of anilines is 1. The minimum absolute atomic E-state index is 0.113. The Labute approximate surface area is 109 Å². The second kappa shape index (κ2) is 6.23. The smallest absolute Gasteiger partial charge is 0.232 e. The molecule has 0 aliphatic carbocycles. The zero-order chi connectivity index (χ0) is 12.9. The number of ether oxygens (including phenoxy) is 1. The molecule has 0 fully saturated rings. The summed E-state index contributed by atoms with van der Waals surface area (Å²) in [7, 11) is -1.92. The fourth-order valence-corrected chi connectivity index (χ4v) is 2.79. The molecule has 0 radical (unpaired) electrons. The number of halogens is 1. The second-order valence-corrected chi connectivity index (χ2v) is 6.14. The maximum Gasteiger partial charge on any atom is 0.232 e. The number of sulfonamides is 1. The molecular formula is C10H14BrNO4S. The molecule has 0 heterocycles. The second-order valence-electron chi connectivity index (χ2n) is 3.38. The molecular weight excluding hydrogens is 310 g/mol. The van der Waals surface area contributed by atoms with Crippen LogP contribution in [0.2, 0.25) is 0 Å². The van der Waals surface area contributed by atoms with Crippen molar-refractivity contribution < 1.29 is 18.3 Å². The van der Waals surface area contributed by atoms with E-state index in [0.717, 1.165) is 4.47 Å². The first kappa shape index (κ1) is 14.3. The van der Waals surface area contributed by atoms with E-state index in [4.69, 9.17) is 9.84 Å². The Morgan fingerprint density at radius 3 is 2.71 bits per heavy atom. The number of nitrogens with one attached hydrogen (secondary N) is 1. The van der Waals surface area contributed by atoms with Crippen molar-refractivity contribution in [3.8, 4) is 5.75 Å². The third-order valence-corrected chi connectivity index (χ3v) is 3.78. The predicted molar refractivity (Wildman–Crippen MR) is 69.8 cm³/mol. The molecule has 0 amide bonds. The van der Waals surface area contributed by atoms with Gasteiger partial charge >= 0.3 is 0 Å². The van der Waals surface area contributed by atoms with Gasteiger partial charge in [0.05, 0.1) is 18.6 Å². The maximum absolute atomic E-state index is 11.6. The molecule has 0 aromatic heterocycles. The van der Waals surface area contributed by atoms with Gasteiger partial charge in [0.1, 0.15) is 5.75 Å². The number of aliphatic hydroxyl groups excluding tert-OH is 1. The highest BCUT2D eigenvalue weighted by Gasteiger charge is 2.10. The van der Waals surface area contributed by atoms with Crippen molar-refractivity contribution >= 4 is 31.6 Å². The zero-order valence-electron chi connectivity index (χ0n) is 9.31. The third kappa shape index (κ3) is 4.93. The van der Waals surface area contributed by atoms with E-state index >= 15 is 0 Å². The van der Waals surface area contributed by atoms with Gasteiger partial charge in [-0.05, 0) is 18.6 Å². The van der Waals surface area contributed by atoms with Gasteiger partial charge in [0.25, 0.3) is 0 Å². The molecule has 1 aromatic carbocycles. The summed E-state index contributed by atoms with van der Waals surface area (Å²) in [5.74, 6) is 0.442. The van der Waals surface area contributed by atoms with E-state index in [1.807, 2.05) is 0 Å². The summed E-state index contributed by atoms with van der Waals surface area (Å²) < 4.78 is 31.3. The van der Waals surface area contributed by atoms with E-state index in [2.05, 4.69) is 20.7 Å². The Kier molecular flexibility index (Phi) is 5.23. The van der Waals surface area contributed by atoms with Crippen LogP contribution in [0, 0.1) is 0 Å². The third-order valence-electron chi connectivity index (χ3n) is 1.95. The highest BCUT2D eigenvalue weighted by molar-refractivity contribution is 9.10. The Morgan fingerprint density at radius 1 is 1.41 bits per heavy atom. The van der Waals surface area contributed by atoms with Gasteiger partial charge in [-0.1, -0.05) is 15.9 Å². The Hall–Kier alpha value is -0.790. The molecule has 2 N–H and O–H groups in total. The van der Waals surface area contributed by atoms with E-state index < -0.39 is 10.0 Å². The van der Waals surface area contributed by atoms with Crippen molar-refractivity contribution in [1.29, 1.82) is 0 Å². The minimum atomic E-state index is -3.42. The Balaban J connectivity index is 2.84. The lowest BCUT2D eigenvalue weighted by molar-refractivity contribution is 0.295. The van der Waals surface area contributed by atoms with Gasteiger partial charge < -0.3 is 9.84 Å². The topological polar surface area (TPSA) is 75.6 Å². The van der Waals surface area contributed by atoms with Crippen LogP contribution < -0.4 is 9.46 Å². The van der Waals surface area contributed by atoms with Gasteiger partial charge in [-0.3, -0.25) is 4.72 Å². The lowest BCUT2D eigenvalue weighted by Crippen LogP contribution is -2.17. The summed E-state index contributed by atoms with van der Waals surface area (Å²) in [6, 6.07) is 4.95. The van der Waals surface area contributed by atoms with Gasteiger partial charge in [0.15, 0.2) is 0 Å². The summed E-state index contributed by atoms with van der Waals surface area (Å²) >= 11 is 3.26. The minimum Gasteiger partial charge on any atom is -0.497 e. The predicted octanol–water partition coefficient (Wildman–Crippen LogP) is 1.58. The fourth-order valence-electron chi connectivity index (χ4n) is 1.22. The van der Waals surface area contributed by atoms with Gasteiger partial charge in [-0.15, -0.1) is 0 Å². The van der Waals surface area contributed by atoms with Crippen LogP contribution in [-0.2, 0) is 10.0 Å². The summed E-state index contributed by atoms with van der Waals surface area (Å²) in [5, 5.41) is 8.60. The van der Waals surface area contributed by atoms with E-state index in [9.17, 15) is 8.42 Å².